The molecule has 0 radical (unpaired) electrons. The minimum absolute atomic E-state index is 0.0402. The van der Waals surface area contributed by atoms with E-state index in [-0.39, 0.29) is 17.5 Å². The maximum absolute atomic E-state index is 12.6. The first kappa shape index (κ1) is 14.5. The third-order valence-electron chi connectivity index (χ3n) is 3.46. The molecule has 1 fully saturated rings. The van der Waals surface area contributed by atoms with Crippen molar-refractivity contribution in [2.75, 3.05) is 26.7 Å². The number of aliphatic hydroxyl groups excluding tert-OH is 1. The Kier molecular flexibility index (Phi) is 4.25. The molecular weight excluding hydrogens is 264 g/mol. The highest BCUT2D eigenvalue weighted by atomic mass is 32.2. The van der Waals surface area contributed by atoms with E-state index >= 15 is 0 Å². The molecule has 1 unspecified atom stereocenters. The van der Waals surface area contributed by atoms with Crippen LogP contribution in [0.1, 0.15) is 12.5 Å². The lowest BCUT2D eigenvalue weighted by atomic mass is 10.2. The Balaban J connectivity index is 2.31. The highest BCUT2D eigenvalue weighted by Crippen LogP contribution is 2.21. The van der Waals surface area contributed by atoms with Crippen molar-refractivity contribution in [2.24, 2.45) is 0 Å². The van der Waals surface area contributed by atoms with Crippen molar-refractivity contribution in [3.63, 3.8) is 0 Å². The maximum Gasteiger partial charge on any atom is 0.243 e. The molecule has 1 aliphatic rings. The largest absolute Gasteiger partial charge is 0.392 e. The molecule has 1 aromatic rings. The van der Waals surface area contributed by atoms with Crippen molar-refractivity contribution < 1.29 is 13.5 Å². The number of rotatable bonds is 3. The Bertz CT molecular complexity index is 545. The average Bonchev–Trinajstić information content (AvgIpc) is 2.38. The lowest BCUT2D eigenvalue weighted by Gasteiger charge is -2.37. The van der Waals surface area contributed by atoms with E-state index in [1.807, 2.05) is 14.0 Å². The molecular formula is C13H20N2O3S. The van der Waals surface area contributed by atoms with Crippen LogP contribution >= 0.6 is 0 Å². The van der Waals surface area contributed by atoms with Crippen molar-refractivity contribution in [1.82, 2.24) is 9.21 Å². The predicted molar refractivity (Wildman–Crippen MR) is 73.2 cm³/mol. The van der Waals surface area contributed by atoms with Gasteiger partial charge in [0.15, 0.2) is 0 Å². The van der Waals surface area contributed by atoms with Gasteiger partial charge < -0.3 is 10.0 Å². The predicted octanol–water partition coefficient (Wildman–Crippen LogP) is 0.503. The van der Waals surface area contributed by atoms with Crippen LogP contribution < -0.4 is 0 Å². The van der Waals surface area contributed by atoms with E-state index in [4.69, 9.17) is 5.11 Å². The summed E-state index contributed by atoms with van der Waals surface area (Å²) in [5.41, 5.74) is 0.614. The van der Waals surface area contributed by atoms with E-state index in [0.29, 0.717) is 12.1 Å². The van der Waals surface area contributed by atoms with E-state index in [2.05, 4.69) is 4.90 Å². The van der Waals surface area contributed by atoms with Gasteiger partial charge in [0.05, 0.1) is 11.5 Å². The first-order valence-corrected chi connectivity index (χ1v) is 7.79. The van der Waals surface area contributed by atoms with Crippen LogP contribution in [0, 0.1) is 0 Å². The highest BCUT2D eigenvalue weighted by Gasteiger charge is 2.32. The van der Waals surface area contributed by atoms with Crippen molar-refractivity contribution >= 4 is 10.0 Å². The Labute approximate surface area is 114 Å². The van der Waals surface area contributed by atoms with Crippen LogP contribution in [0.2, 0.25) is 0 Å². The summed E-state index contributed by atoms with van der Waals surface area (Å²) in [4.78, 5) is 2.39. The molecule has 0 bridgehead atoms. The van der Waals surface area contributed by atoms with Crippen LogP contribution in [0.25, 0.3) is 0 Å². The first-order valence-electron chi connectivity index (χ1n) is 6.35. The Morgan fingerprint density at radius 3 is 2.74 bits per heavy atom. The zero-order valence-electron chi connectivity index (χ0n) is 11.3. The minimum Gasteiger partial charge on any atom is -0.392 e. The van der Waals surface area contributed by atoms with Gasteiger partial charge in [-0.15, -0.1) is 0 Å². The fraction of sp³-hybridized carbons (Fsp3) is 0.538. The second-order valence-electron chi connectivity index (χ2n) is 5.03. The van der Waals surface area contributed by atoms with Gasteiger partial charge in [-0.2, -0.15) is 4.31 Å². The van der Waals surface area contributed by atoms with Gasteiger partial charge in [0.2, 0.25) is 10.0 Å². The number of hydrogen-bond donors (Lipinski definition) is 1. The van der Waals surface area contributed by atoms with Gasteiger partial charge in [0.1, 0.15) is 0 Å². The van der Waals surface area contributed by atoms with Crippen molar-refractivity contribution in [2.45, 2.75) is 24.5 Å². The van der Waals surface area contributed by atoms with Gasteiger partial charge in [-0.1, -0.05) is 12.1 Å². The molecule has 0 amide bonds. The van der Waals surface area contributed by atoms with Gasteiger partial charge in [-0.05, 0) is 31.7 Å². The van der Waals surface area contributed by atoms with Gasteiger partial charge >= 0.3 is 0 Å². The summed E-state index contributed by atoms with van der Waals surface area (Å²) in [6.45, 7) is 3.75. The molecule has 0 aromatic heterocycles. The summed E-state index contributed by atoms with van der Waals surface area (Å²) in [6, 6.07) is 6.47. The molecule has 0 saturated carbocycles. The van der Waals surface area contributed by atoms with Gasteiger partial charge in [0.25, 0.3) is 0 Å². The van der Waals surface area contributed by atoms with Crippen LogP contribution in [0.3, 0.4) is 0 Å². The average molecular weight is 284 g/mol. The van der Waals surface area contributed by atoms with Crippen molar-refractivity contribution in [3.8, 4) is 0 Å². The Hall–Kier alpha value is -0.950. The SMILES string of the molecule is CC1CN(C)CCN1S(=O)(=O)c1cccc(CO)c1. The first-order chi connectivity index (χ1) is 8.95. The number of sulfonamides is 1. The molecule has 1 aromatic carbocycles. The number of nitrogens with zero attached hydrogens (tertiary/aromatic N) is 2. The second kappa shape index (κ2) is 5.58. The number of piperazine rings is 1. The summed E-state index contributed by atoms with van der Waals surface area (Å²) >= 11 is 0. The number of likely N-dealkylation sites (N-methyl/N-ethyl adjacent to an activating group) is 1. The summed E-state index contributed by atoms with van der Waals surface area (Å²) in [5.74, 6) is 0. The molecule has 6 heteroatoms. The molecule has 2 rings (SSSR count). The number of benzene rings is 1. The molecule has 0 spiro atoms. The zero-order chi connectivity index (χ0) is 14.0. The molecule has 19 heavy (non-hydrogen) atoms. The van der Waals surface area contributed by atoms with Crippen LogP contribution in [0.5, 0.6) is 0 Å². The van der Waals surface area contributed by atoms with Crippen molar-refractivity contribution in [1.29, 1.82) is 0 Å². The molecule has 1 heterocycles. The van der Waals surface area contributed by atoms with Gasteiger partial charge in [-0.25, -0.2) is 8.42 Å². The topological polar surface area (TPSA) is 60.9 Å². The third kappa shape index (κ3) is 2.97. The summed E-state index contributed by atoms with van der Waals surface area (Å²) in [7, 11) is -1.48. The van der Waals surface area contributed by atoms with Crippen molar-refractivity contribution in [3.05, 3.63) is 29.8 Å². The monoisotopic (exact) mass is 284 g/mol. The summed E-state index contributed by atoms with van der Waals surface area (Å²) in [5, 5.41) is 9.11. The van der Waals surface area contributed by atoms with Crippen LogP contribution in [0.4, 0.5) is 0 Å². The lowest BCUT2D eigenvalue weighted by Crippen LogP contribution is -2.52. The van der Waals surface area contributed by atoms with Crippen LogP contribution in [-0.2, 0) is 16.6 Å². The number of hydrogen-bond acceptors (Lipinski definition) is 4. The highest BCUT2D eigenvalue weighted by molar-refractivity contribution is 7.89. The van der Waals surface area contributed by atoms with E-state index in [1.165, 1.54) is 0 Å². The second-order valence-corrected chi connectivity index (χ2v) is 6.92. The summed E-state index contributed by atoms with van der Waals surface area (Å²) < 4.78 is 26.7. The fourth-order valence-electron chi connectivity index (χ4n) is 2.42. The normalized spacial score (nSPS) is 22.6. The third-order valence-corrected chi connectivity index (χ3v) is 5.47. The van der Waals surface area contributed by atoms with Gasteiger partial charge in [0, 0.05) is 25.7 Å². The molecule has 1 saturated heterocycles. The molecule has 1 N–H and O–H groups in total. The fourth-order valence-corrected chi connectivity index (χ4v) is 4.10. The quantitative estimate of drug-likeness (QED) is 0.878. The molecule has 1 aliphatic heterocycles. The molecule has 5 nitrogen and oxygen atoms in total. The van der Waals surface area contributed by atoms with E-state index < -0.39 is 10.0 Å². The zero-order valence-corrected chi connectivity index (χ0v) is 12.1. The lowest BCUT2D eigenvalue weighted by molar-refractivity contribution is 0.170. The molecule has 1 atom stereocenters. The maximum atomic E-state index is 12.6. The Morgan fingerprint density at radius 2 is 2.11 bits per heavy atom. The minimum atomic E-state index is -3.47. The summed E-state index contributed by atoms with van der Waals surface area (Å²) in [6.07, 6.45) is 0. The van der Waals surface area contributed by atoms with E-state index in [0.717, 1.165) is 13.1 Å². The smallest absolute Gasteiger partial charge is 0.243 e. The Morgan fingerprint density at radius 1 is 1.37 bits per heavy atom. The van der Waals surface area contributed by atoms with Gasteiger partial charge in [-0.3, -0.25) is 0 Å². The van der Waals surface area contributed by atoms with E-state index in [9.17, 15) is 8.42 Å². The van der Waals surface area contributed by atoms with Crippen LogP contribution in [-0.4, -0.2) is 55.5 Å². The standard InChI is InChI=1S/C13H20N2O3S/c1-11-9-14(2)6-7-15(11)19(17,18)13-5-3-4-12(8-13)10-16/h3-5,8,11,16H,6-7,9-10H2,1-2H3. The van der Waals surface area contributed by atoms with Crippen LogP contribution in [0.15, 0.2) is 29.2 Å². The molecule has 106 valence electrons. The van der Waals surface area contributed by atoms with E-state index in [1.54, 1.807) is 28.6 Å². The molecule has 0 aliphatic carbocycles. The number of aliphatic hydroxyl groups is 1.